The van der Waals surface area contributed by atoms with E-state index in [1.807, 2.05) is 0 Å². The second-order valence-corrected chi connectivity index (χ2v) is 4.09. The molecule has 0 spiro atoms. The first-order valence-corrected chi connectivity index (χ1v) is 6.06. The van der Waals surface area contributed by atoms with Crippen molar-refractivity contribution in [2.75, 3.05) is 21.3 Å². The topological polar surface area (TPSA) is 57.7 Å². The van der Waals surface area contributed by atoms with Gasteiger partial charge in [0.15, 0.2) is 23.1 Å². The van der Waals surface area contributed by atoms with Gasteiger partial charge in [-0.25, -0.2) is 4.39 Å². The molecule has 110 valence electrons. The number of halogens is 1. The number of carbonyl (C=O) groups excluding carboxylic acids is 1. The Hall–Kier alpha value is -2.63. The first-order chi connectivity index (χ1) is 10.1. The minimum Gasteiger partial charge on any atom is -0.496 e. The summed E-state index contributed by atoms with van der Waals surface area (Å²) < 4.78 is 29.2. The Morgan fingerprint density at radius 3 is 2.19 bits per heavy atom. The molecule has 0 amide bonds. The highest BCUT2D eigenvalue weighted by Crippen LogP contribution is 2.35. The van der Waals surface area contributed by atoms with Gasteiger partial charge in [-0.2, -0.15) is 0 Å². The van der Waals surface area contributed by atoms with Gasteiger partial charge in [-0.1, -0.05) is 0 Å². The predicted molar refractivity (Wildman–Crippen MR) is 73.7 cm³/mol. The highest BCUT2D eigenvalue weighted by Gasteiger charge is 2.21. The van der Waals surface area contributed by atoms with Crippen LogP contribution in [0.2, 0.25) is 0 Å². The molecule has 0 saturated heterocycles. The Labute approximate surface area is 121 Å². The summed E-state index contributed by atoms with van der Waals surface area (Å²) in [5.74, 6) is -0.168. The molecule has 0 aliphatic rings. The number of hydrogen-bond donors (Lipinski definition) is 0. The molecule has 1 heterocycles. The maximum atomic E-state index is 13.7. The second kappa shape index (κ2) is 6.21. The van der Waals surface area contributed by atoms with Crippen LogP contribution in [0, 0.1) is 5.82 Å². The zero-order chi connectivity index (χ0) is 15.4. The number of ketones is 1. The Bertz CT molecular complexity index is 673. The van der Waals surface area contributed by atoms with E-state index in [9.17, 15) is 9.18 Å². The van der Waals surface area contributed by atoms with Gasteiger partial charge in [-0.05, 0) is 12.1 Å². The molecule has 0 unspecified atom stereocenters. The van der Waals surface area contributed by atoms with E-state index >= 15 is 0 Å². The molecule has 0 aliphatic heterocycles. The molecule has 0 aliphatic carbocycles. The van der Waals surface area contributed by atoms with Crippen molar-refractivity contribution in [1.29, 1.82) is 0 Å². The van der Waals surface area contributed by atoms with E-state index < -0.39 is 11.6 Å². The van der Waals surface area contributed by atoms with Crippen LogP contribution in [0.1, 0.15) is 15.9 Å². The minimum atomic E-state index is -0.695. The van der Waals surface area contributed by atoms with Gasteiger partial charge in [0.25, 0.3) is 0 Å². The minimum absolute atomic E-state index is 0.0875. The third kappa shape index (κ3) is 2.79. The van der Waals surface area contributed by atoms with Crippen molar-refractivity contribution in [2.45, 2.75) is 0 Å². The Balaban J connectivity index is 2.57. The van der Waals surface area contributed by atoms with Gasteiger partial charge in [-0.3, -0.25) is 9.78 Å². The molecule has 2 rings (SSSR count). The lowest BCUT2D eigenvalue weighted by molar-refractivity contribution is 0.103. The molecule has 1 aromatic carbocycles. The van der Waals surface area contributed by atoms with Gasteiger partial charge in [0.1, 0.15) is 5.75 Å². The van der Waals surface area contributed by atoms with Gasteiger partial charge in [0, 0.05) is 12.3 Å². The van der Waals surface area contributed by atoms with E-state index in [0.29, 0.717) is 11.5 Å². The maximum absolute atomic E-state index is 13.7. The molecular weight excluding hydrogens is 277 g/mol. The monoisotopic (exact) mass is 291 g/mol. The average molecular weight is 291 g/mol. The zero-order valence-corrected chi connectivity index (χ0v) is 11.8. The number of pyridine rings is 1. The Morgan fingerprint density at radius 2 is 1.62 bits per heavy atom. The summed E-state index contributed by atoms with van der Waals surface area (Å²) in [6.45, 7) is 0. The summed E-state index contributed by atoms with van der Waals surface area (Å²) in [7, 11) is 4.34. The first kappa shape index (κ1) is 14.8. The van der Waals surface area contributed by atoms with Crippen LogP contribution in [0.25, 0.3) is 0 Å². The van der Waals surface area contributed by atoms with Crippen LogP contribution in [0.15, 0.2) is 30.6 Å². The standard InChI is InChI=1S/C15H14FNO4/c1-19-12-7-14(21-3)13(20-2)6-10(12)15(18)9-4-5-17-8-11(9)16/h4-8H,1-3H3. The van der Waals surface area contributed by atoms with Crippen molar-refractivity contribution in [2.24, 2.45) is 0 Å². The number of carbonyl (C=O) groups is 1. The lowest BCUT2D eigenvalue weighted by Gasteiger charge is -2.13. The largest absolute Gasteiger partial charge is 0.496 e. The summed E-state index contributed by atoms with van der Waals surface area (Å²) in [4.78, 5) is 16.1. The maximum Gasteiger partial charge on any atom is 0.199 e. The van der Waals surface area contributed by atoms with Crippen LogP contribution in [0.3, 0.4) is 0 Å². The van der Waals surface area contributed by atoms with Crippen LogP contribution in [-0.4, -0.2) is 32.1 Å². The fraction of sp³-hybridized carbons (Fsp3) is 0.200. The number of methoxy groups -OCH3 is 3. The fourth-order valence-electron chi connectivity index (χ4n) is 1.91. The van der Waals surface area contributed by atoms with E-state index in [1.165, 1.54) is 45.7 Å². The van der Waals surface area contributed by atoms with Crippen LogP contribution in [-0.2, 0) is 0 Å². The van der Waals surface area contributed by atoms with Crippen molar-refractivity contribution in [1.82, 2.24) is 4.98 Å². The van der Waals surface area contributed by atoms with E-state index in [2.05, 4.69) is 4.98 Å². The molecule has 1 aromatic heterocycles. The van der Waals surface area contributed by atoms with E-state index in [4.69, 9.17) is 14.2 Å². The molecular formula is C15H14FNO4. The molecule has 5 nitrogen and oxygen atoms in total. The SMILES string of the molecule is COc1cc(OC)c(C(=O)c2ccncc2F)cc1OC. The quantitative estimate of drug-likeness (QED) is 0.792. The van der Waals surface area contributed by atoms with E-state index in [-0.39, 0.29) is 16.9 Å². The molecule has 2 aromatic rings. The number of nitrogens with zero attached hydrogens (tertiary/aromatic N) is 1. The van der Waals surface area contributed by atoms with Crippen LogP contribution < -0.4 is 14.2 Å². The number of hydrogen-bond acceptors (Lipinski definition) is 5. The fourth-order valence-corrected chi connectivity index (χ4v) is 1.91. The zero-order valence-electron chi connectivity index (χ0n) is 11.8. The molecule has 0 fully saturated rings. The highest BCUT2D eigenvalue weighted by atomic mass is 19.1. The normalized spacial score (nSPS) is 10.1. The number of ether oxygens (including phenoxy) is 3. The first-order valence-electron chi connectivity index (χ1n) is 6.06. The lowest BCUT2D eigenvalue weighted by atomic mass is 10.0. The van der Waals surface area contributed by atoms with Gasteiger partial charge in [0.2, 0.25) is 0 Å². The Morgan fingerprint density at radius 1 is 1.00 bits per heavy atom. The van der Waals surface area contributed by atoms with Crippen LogP contribution in [0.5, 0.6) is 17.2 Å². The van der Waals surface area contributed by atoms with Crippen molar-refractivity contribution >= 4 is 5.78 Å². The highest BCUT2D eigenvalue weighted by molar-refractivity contribution is 6.11. The van der Waals surface area contributed by atoms with Crippen LogP contribution in [0.4, 0.5) is 4.39 Å². The number of benzene rings is 1. The Kier molecular flexibility index (Phi) is 4.37. The van der Waals surface area contributed by atoms with Gasteiger partial charge >= 0.3 is 0 Å². The van der Waals surface area contributed by atoms with Gasteiger partial charge in [-0.15, -0.1) is 0 Å². The summed E-state index contributed by atoms with van der Waals surface area (Å²) in [6, 6.07) is 4.29. The van der Waals surface area contributed by atoms with E-state index in [1.54, 1.807) is 0 Å². The van der Waals surface area contributed by atoms with E-state index in [0.717, 1.165) is 6.20 Å². The summed E-state index contributed by atoms with van der Waals surface area (Å²) in [5.41, 5.74) is 0.0933. The summed E-state index contributed by atoms with van der Waals surface area (Å²) in [5, 5.41) is 0. The third-order valence-electron chi connectivity index (χ3n) is 2.97. The van der Waals surface area contributed by atoms with Crippen molar-refractivity contribution < 1.29 is 23.4 Å². The molecule has 0 atom stereocenters. The lowest BCUT2D eigenvalue weighted by Crippen LogP contribution is -2.07. The van der Waals surface area contributed by atoms with Crippen LogP contribution >= 0.6 is 0 Å². The summed E-state index contributed by atoms with van der Waals surface area (Å²) >= 11 is 0. The second-order valence-electron chi connectivity index (χ2n) is 4.09. The molecule has 21 heavy (non-hydrogen) atoms. The van der Waals surface area contributed by atoms with Crippen molar-refractivity contribution in [3.63, 3.8) is 0 Å². The van der Waals surface area contributed by atoms with Crippen molar-refractivity contribution in [3.8, 4) is 17.2 Å². The molecule has 0 radical (unpaired) electrons. The average Bonchev–Trinajstić information content (AvgIpc) is 2.53. The number of rotatable bonds is 5. The third-order valence-corrected chi connectivity index (χ3v) is 2.97. The molecule has 0 N–H and O–H groups in total. The molecule has 6 heteroatoms. The smallest absolute Gasteiger partial charge is 0.199 e. The number of aromatic nitrogens is 1. The molecule has 0 bridgehead atoms. The van der Waals surface area contributed by atoms with Crippen molar-refractivity contribution in [3.05, 3.63) is 47.5 Å². The molecule has 0 saturated carbocycles. The summed E-state index contributed by atoms with van der Waals surface area (Å²) in [6.07, 6.45) is 2.34. The van der Waals surface area contributed by atoms with Gasteiger partial charge in [0.05, 0.1) is 38.7 Å². The van der Waals surface area contributed by atoms with Gasteiger partial charge < -0.3 is 14.2 Å². The predicted octanol–water partition coefficient (Wildman–Crippen LogP) is 2.48.